The van der Waals surface area contributed by atoms with Crippen LogP contribution in [0, 0.1) is 25.2 Å². The molecule has 0 amide bonds. The number of fused-ring (bicyclic) bond motifs is 9. The topological polar surface area (TPSA) is 188 Å². The van der Waals surface area contributed by atoms with Crippen molar-refractivity contribution in [3.05, 3.63) is 105 Å². The number of benzene rings is 4. The summed E-state index contributed by atoms with van der Waals surface area (Å²) in [7, 11) is 4.96. The highest BCUT2D eigenvalue weighted by molar-refractivity contribution is 7.99. The van der Waals surface area contributed by atoms with Crippen molar-refractivity contribution >= 4 is 35.9 Å². The maximum Gasteiger partial charge on any atom is 0.514 e. The molecule has 16 nitrogen and oxygen atoms in total. The molecule has 2 saturated heterocycles. The second-order valence-corrected chi connectivity index (χ2v) is 20.3. The lowest BCUT2D eigenvalue weighted by atomic mass is 9.71. The Morgan fingerprint density at radius 3 is 2.46 bits per heavy atom. The van der Waals surface area contributed by atoms with E-state index < -0.39 is 58.7 Å². The molecule has 360 valence electrons. The lowest BCUT2D eigenvalue weighted by Crippen LogP contribution is -2.69. The van der Waals surface area contributed by atoms with E-state index in [0.717, 1.165) is 22.3 Å². The maximum atomic E-state index is 15.2. The van der Waals surface area contributed by atoms with E-state index in [1.165, 1.54) is 32.1 Å². The zero-order chi connectivity index (χ0) is 48.7. The smallest absolute Gasteiger partial charge is 0.504 e. The molecule has 1 unspecified atom stereocenters. The van der Waals surface area contributed by atoms with E-state index in [4.69, 9.17) is 37.9 Å². The lowest BCUT2D eigenvalue weighted by molar-refractivity contribution is -0.157. The van der Waals surface area contributed by atoms with Gasteiger partial charge in [0, 0.05) is 52.7 Å². The zero-order valence-electron chi connectivity index (χ0n) is 39.7. The fraction of sp³-hybridized carbons (Fsp3) is 0.423. The first-order valence-electron chi connectivity index (χ1n) is 22.9. The van der Waals surface area contributed by atoms with Gasteiger partial charge in [-0.2, -0.15) is 5.26 Å². The monoisotopic (exact) mass is 958 g/mol. The number of hydrogen-bond acceptors (Lipinski definition) is 17. The van der Waals surface area contributed by atoms with Crippen LogP contribution < -0.4 is 33.7 Å². The van der Waals surface area contributed by atoms with Gasteiger partial charge in [0.25, 0.3) is 0 Å². The van der Waals surface area contributed by atoms with Crippen LogP contribution in [-0.4, -0.2) is 104 Å². The number of likely N-dealkylation sites (N-methyl/N-ethyl adjacent to an activating group) is 1. The highest BCUT2D eigenvalue weighted by Gasteiger charge is 2.62. The van der Waals surface area contributed by atoms with Gasteiger partial charge in [0.05, 0.1) is 37.6 Å². The Labute approximate surface area is 404 Å². The second kappa shape index (κ2) is 17.5. The molecular weight excluding hydrogens is 905 g/mol. The quantitative estimate of drug-likeness (QED) is 0.0848. The van der Waals surface area contributed by atoms with Gasteiger partial charge in [0.2, 0.25) is 6.79 Å². The standard InChI is InChI=1S/C52H54N4O12S/c1-26-18-30-19-32-33(22-53)56-34-23-63-49(59)52(31-21-35(61-7)36(20-29(31)16-17-54-52)66-50(60)68-51(3,4)5)24-69-48(42(56)41(55(32)6)38(30)43(58)44(26)62-8)40-39(34)47-46(64-25-65-47)27(2)45(40)67-37(57)15-14-28-12-10-9-11-13-28/h9-15,18,20-21,32-34,41-42,48,54,58H,16-17,19,23-25H2,1-8H3/b15-14+/t32-,33+,34+,41+,42?,48-,52-/m1/s1. The van der Waals surface area contributed by atoms with Crippen LogP contribution in [0.4, 0.5) is 4.79 Å². The molecule has 0 saturated carbocycles. The summed E-state index contributed by atoms with van der Waals surface area (Å²) in [4.78, 5) is 46.6. The number of carbonyl (C=O) groups is 3. The minimum absolute atomic E-state index is 0.0122. The van der Waals surface area contributed by atoms with Crippen LogP contribution in [0.1, 0.15) is 88.2 Å². The molecule has 7 aliphatic heterocycles. The van der Waals surface area contributed by atoms with Gasteiger partial charge in [-0.3, -0.25) is 15.1 Å². The summed E-state index contributed by atoms with van der Waals surface area (Å²) in [6.45, 7) is 8.95. The number of aromatic hydroxyl groups is 1. The van der Waals surface area contributed by atoms with Crippen molar-refractivity contribution in [1.82, 2.24) is 15.1 Å². The number of piperazine rings is 1. The van der Waals surface area contributed by atoms with Crippen molar-refractivity contribution in [2.45, 2.75) is 94.1 Å². The third-order valence-electron chi connectivity index (χ3n) is 14.2. The molecule has 0 radical (unpaired) electrons. The Bertz CT molecular complexity index is 2860. The first-order valence-corrected chi connectivity index (χ1v) is 24.0. The number of phenolic OH excluding ortho intramolecular Hbond substituents is 1. The van der Waals surface area contributed by atoms with Crippen LogP contribution >= 0.6 is 11.8 Å². The normalized spacial score (nSPS) is 25.6. The Hall–Kier alpha value is -6.45. The number of rotatable bonds is 6. The molecule has 17 heteroatoms. The molecule has 4 bridgehead atoms. The second-order valence-electron chi connectivity index (χ2n) is 19.2. The molecule has 2 fully saturated rings. The minimum atomic E-state index is -1.48. The fourth-order valence-electron chi connectivity index (χ4n) is 11.3. The van der Waals surface area contributed by atoms with E-state index in [1.54, 1.807) is 39.0 Å². The van der Waals surface area contributed by atoms with Gasteiger partial charge < -0.3 is 43.0 Å². The number of thioether (sulfide) groups is 1. The predicted molar refractivity (Wildman–Crippen MR) is 253 cm³/mol. The van der Waals surface area contributed by atoms with Crippen LogP contribution in [0.25, 0.3) is 6.08 Å². The summed E-state index contributed by atoms with van der Waals surface area (Å²) in [6.07, 6.45) is 3.09. The lowest BCUT2D eigenvalue weighted by Gasteiger charge is -2.62. The van der Waals surface area contributed by atoms with Gasteiger partial charge in [0.1, 0.15) is 24.0 Å². The van der Waals surface area contributed by atoms with Gasteiger partial charge in [0.15, 0.2) is 40.0 Å². The Balaban J connectivity index is 1.18. The number of esters is 2. The van der Waals surface area contributed by atoms with Crippen molar-refractivity contribution in [1.29, 1.82) is 5.26 Å². The SMILES string of the molecule is COc1cc2c(cc1OC(=O)OC(C)(C)C)CCN[C@]21CS[C@@H]2c3c(OC(=O)/C=C/c4ccccc4)c(C)c4c(c3[C@H](COC1=O)N1C2[C@@H]2c3c(cc(C)c(OC)c3O)C[C@H]([C@@H]1C#N)N2C)OCO4. The van der Waals surface area contributed by atoms with Crippen LogP contribution in [0.15, 0.2) is 54.6 Å². The van der Waals surface area contributed by atoms with Crippen LogP contribution in [0.2, 0.25) is 0 Å². The molecule has 2 N–H and O–H groups in total. The minimum Gasteiger partial charge on any atom is -0.504 e. The number of aryl methyl sites for hydroxylation is 1. The van der Waals surface area contributed by atoms with Crippen molar-refractivity contribution in [3.8, 4) is 46.3 Å². The average molecular weight is 959 g/mol. The van der Waals surface area contributed by atoms with Crippen molar-refractivity contribution in [2.24, 2.45) is 0 Å². The van der Waals surface area contributed by atoms with Gasteiger partial charge >= 0.3 is 18.1 Å². The first kappa shape index (κ1) is 46.3. The molecule has 69 heavy (non-hydrogen) atoms. The van der Waals surface area contributed by atoms with E-state index in [9.17, 15) is 20.0 Å². The Morgan fingerprint density at radius 2 is 1.74 bits per heavy atom. The molecule has 7 aliphatic rings. The van der Waals surface area contributed by atoms with Gasteiger partial charge in [-0.15, -0.1) is 11.8 Å². The third kappa shape index (κ3) is 7.59. The predicted octanol–water partition coefficient (Wildman–Crippen LogP) is 7.29. The van der Waals surface area contributed by atoms with Crippen molar-refractivity contribution < 1.29 is 57.4 Å². The molecule has 4 aromatic rings. The van der Waals surface area contributed by atoms with Crippen LogP contribution in [0.3, 0.4) is 0 Å². The average Bonchev–Trinajstić information content (AvgIpc) is 3.81. The number of phenols is 1. The van der Waals surface area contributed by atoms with E-state index in [0.29, 0.717) is 64.5 Å². The van der Waals surface area contributed by atoms with Crippen molar-refractivity contribution in [3.63, 3.8) is 0 Å². The van der Waals surface area contributed by atoms with Crippen LogP contribution in [0.5, 0.6) is 40.2 Å². The molecule has 7 heterocycles. The number of nitriles is 1. The van der Waals surface area contributed by atoms with Gasteiger partial charge in [-0.1, -0.05) is 36.4 Å². The molecule has 0 aliphatic carbocycles. The number of nitrogens with one attached hydrogen (secondary N) is 1. The number of methoxy groups -OCH3 is 2. The molecule has 11 rings (SSSR count). The summed E-state index contributed by atoms with van der Waals surface area (Å²) >= 11 is 1.45. The third-order valence-corrected chi connectivity index (χ3v) is 15.6. The van der Waals surface area contributed by atoms with E-state index >= 15 is 4.79 Å². The van der Waals surface area contributed by atoms with Gasteiger partial charge in [-0.05, 0) is 101 Å². The Kier molecular flexibility index (Phi) is 11.7. The summed E-state index contributed by atoms with van der Waals surface area (Å²) < 4.78 is 48.4. The molecule has 1 spiro atoms. The fourth-order valence-corrected chi connectivity index (χ4v) is 13.0. The highest BCUT2D eigenvalue weighted by Crippen LogP contribution is 2.64. The van der Waals surface area contributed by atoms with Gasteiger partial charge in [-0.25, -0.2) is 14.4 Å². The Morgan fingerprint density at radius 1 is 0.971 bits per heavy atom. The maximum absolute atomic E-state index is 15.2. The van der Waals surface area contributed by atoms with Crippen molar-refractivity contribution in [2.75, 3.05) is 47.0 Å². The first-order chi connectivity index (χ1) is 33.1. The summed E-state index contributed by atoms with van der Waals surface area (Å²) in [5.41, 5.74) is 3.92. The number of nitrogens with zero attached hydrogens (tertiary/aromatic N) is 3. The summed E-state index contributed by atoms with van der Waals surface area (Å²) in [5.74, 6) is 0.656. The summed E-state index contributed by atoms with van der Waals surface area (Å²) in [6, 6.07) is 14.4. The summed E-state index contributed by atoms with van der Waals surface area (Å²) in [5, 5.41) is 26.5. The van der Waals surface area contributed by atoms with E-state index in [2.05, 4.69) is 21.2 Å². The highest BCUT2D eigenvalue weighted by atomic mass is 32.2. The molecular formula is C52H54N4O12S. The number of ether oxygens (including phenoxy) is 8. The molecule has 7 atom stereocenters. The number of carbonyl (C=O) groups excluding carboxylic acids is 3. The number of hydrogen-bond donors (Lipinski definition) is 2. The largest absolute Gasteiger partial charge is 0.514 e. The zero-order valence-corrected chi connectivity index (χ0v) is 40.5. The van der Waals surface area contributed by atoms with E-state index in [-0.39, 0.29) is 48.2 Å². The van der Waals surface area contributed by atoms with E-state index in [1.807, 2.05) is 57.3 Å². The van der Waals surface area contributed by atoms with Crippen LogP contribution in [-0.2, 0) is 37.4 Å². The molecule has 0 aromatic heterocycles. The molecule has 4 aromatic carbocycles.